The van der Waals surface area contributed by atoms with Crippen molar-refractivity contribution < 1.29 is 19.1 Å². The summed E-state index contributed by atoms with van der Waals surface area (Å²) in [7, 11) is 0. The molecule has 0 spiro atoms. The van der Waals surface area contributed by atoms with Gasteiger partial charge in [-0.3, -0.25) is 9.78 Å². The van der Waals surface area contributed by atoms with Gasteiger partial charge >= 0.3 is 5.97 Å². The first-order chi connectivity index (χ1) is 14.7. The summed E-state index contributed by atoms with van der Waals surface area (Å²) >= 11 is 0. The van der Waals surface area contributed by atoms with E-state index >= 15 is 0 Å². The molecule has 1 aliphatic rings. The molecule has 2 aromatic carbocycles. The molecular formula is C24H22N2O4. The Bertz CT molecular complexity index is 1020. The first-order valence-electron chi connectivity index (χ1n) is 9.83. The molecule has 1 fully saturated rings. The minimum absolute atomic E-state index is 0.00505. The zero-order chi connectivity index (χ0) is 20.8. The Hall–Kier alpha value is -3.67. The second-order valence-corrected chi connectivity index (χ2v) is 7.29. The van der Waals surface area contributed by atoms with Crippen molar-refractivity contribution >= 4 is 11.9 Å². The summed E-state index contributed by atoms with van der Waals surface area (Å²) in [5.41, 5.74) is 1.48. The van der Waals surface area contributed by atoms with Gasteiger partial charge in [0, 0.05) is 18.2 Å². The molecule has 0 unspecified atom stereocenters. The Morgan fingerprint density at radius 1 is 0.967 bits per heavy atom. The quantitative estimate of drug-likeness (QED) is 0.579. The van der Waals surface area contributed by atoms with Crippen LogP contribution in [0.1, 0.15) is 28.8 Å². The standard InChI is InChI=1S/C24H22N2O4/c27-22(26-17-24(12-13-24)18-7-2-1-3-8-18)16-29-23(28)20-10-4-5-11-21(20)30-19-9-6-14-25-15-19/h1-11,14-15H,12-13,16-17H2,(H,26,27). The molecular weight excluding hydrogens is 380 g/mol. The highest BCUT2D eigenvalue weighted by Gasteiger charge is 2.44. The van der Waals surface area contributed by atoms with Crippen molar-refractivity contribution in [3.8, 4) is 11.5 Å². The van der Waals surface area contributed by atoms with Gasteiger partial charge < -0.3 is 14.8 Å². The van der Waals surface area contributed by atoms with Gasteiger partial charge in [-0.1, -0.05) is 42.5 Å². The number of ether oxygens (including phenoxy) is 2. The maximum absolute atomic E-state index is 12.5. The van der Waals surface area contributed by atoms with Gasteiger partial charge in [0.1, 0.15) is 17.1 Å². The monoisotopic (exact) mass is 402 g/mol. The smallest absolute Gasteiger partial charge is 0.342 e. The van der Waals surface area contributed by atoms with Crippen LogP contribution in [0.2, 0.25) is 0 Å². The van der Waals surface area contributed by atoms with Gasteiger partial charge in [0.2, 0.25) is 0 Å². The molecule has 1 aliphatic carbocycles. The van der Waals surface area contributed by atoms with E-state index in [1.807, 2.05) is 18.2 Å². The highest BCUT2D eigenvalue weighted by atomic mass is 16.5. The number of benzene rings is 2. The van der Waals surface area contributed by atoms with Crippen LogP contribution >= 0.6 is 0 Å². The van der Waals surface area contributed by atoms with Crippen molar-refractivity contribution in [2.24, 2.45) is 0 Å². The van der Waals surface area contributed by atoms with Crippen molar-refractivity contribution in [3.63, 3.8) is 0 Å². The number of hydrogen-bond acceptors (Lipinski definition) is 5. The lowest BCUT2D eigenvalue weighted by Gasteiger charge is -2.16. The van der Waals surface area contributed by atoms with Crippen LogP contribution in [0, 0.1) is 0 Å². The topological polar surface area (TPSA) is 77.5 Å². The van der Waals surface area contributed by atoms with Gasteiger partial charge in [-0.2, -0.15) is 0 Å². The molecule has 1 heterocycles. The fourth-order valence-corrected chi connectivity index (χ4v) is 3.30. The zero-order valence-electron chi connectivity index (χ0n) is 16.4. The lowest BCUT2D eigenvalue weighted by molar-refractivity contribution is -0.124. The van der Waals surface area contributed by atoms with Crippen molar-refractivity contribution in [2.75, 3.05) is 13.2 Å². The van der Waals surface area contributed by atoms with Crippen LogP contribution in [0.4, 0.5) is 0 Å². The molecule has 0 saturated heterocycles. The van der Waals surface area contributed by atoms with Gasteiger partial charge in [0.25, 0.3) is 5.91 Å². The predicted octanol–water partition coefficient (Wildman–Crippen LogP) is 3.88. The lowest BCUT2D eigenvalue weighted by Crippen LogP contribution is -2.35. The van der Waals surface area contributed by atoms with Crippen molar-refractivity contribution in [3.05, 3.63) is 90.3 Å². The van der Waals surface area contributed by atoms with Gasteiger partial charge in [0.05, 0.1) is 6.20 Å². The van der Waals surface area contributed by atoms with Crippen LogP contribution in [0.3, 0.4) is 0 Å². The summed E-state index contributed by atoms with van der Waals surface area (Å²) in [5, 5.41) is 2.89. The third kappa shape index (κ3) is 4.66. The van der Waals surface area contributed by atoms with E-state index in [1.54, 1.807) is 48.8 Å². The number of esters is 1. The van der Waals surface area contributed by atoms with E-state index in [0.717, 1.165) is 12.8 Å². The lowest BCUT2D eigenvalue weighted by atomic mass is 9.96. The predicted molar refractivity (Wildman–Crippen MR) is 111 cm³/mol. The van der Waals surface area contributed by atoms with E-state index in [1.165, 1.54) is 5.56 Å². The van der Waals surface area contributed by atoms with E-state index in [9.17, 15) is 9.59 Å². The first kappa shape index (κ1) is 19.6. The minimum atomic E-state index is -0.617. The van der Waals surface area contributed by atoms with Gasteiger partial charge in [0.15, 0.2) is 6.61 Å². The van der Waals surface area contributed by atoms with E-state index < -0.39 is 5.97 Å². The highest BCUT2D eigenvalue weighted by Crippen LogP contribution is 2.47. The number of pyridine rings is 1. The molecule has 152 valence electrons. The Kier molecular flexibility index (Phi) is 5.75. The van der Waals surface area contributed by atoms with Gasteiger partial charge in [-0.15, -0.1) is 0 Å². The second-order valence-electron chi connectivity index (χ2n) is 7.29. The average molecular weight is 402 g/mol. The number of aromatic nitrogens is 1. The molecule has 6 nitrogen and oxygen atoms in total. The maximum Gasteiger partial charge on any atom is 0.342 e. The van der Waals surface area contributed by atoms with Crippen LogP contribution in [-0.2, 0) is 14.9 Å². The Labute approximate surface area is 174 Å². The number of para-hydroxylation sites is 1. The number of nitrogens with one attached hydrogen (secondary N) is 1. The molecule has 6 heteroatoms. The van der Waals surface area contributed by atoms with Crippen LogP contribution in [-0.4, -0.2) is 30.0 Å². The number of carbonyl (C=O) groups is 2. The molecule has 30 heavy (non-hydrogen) atoms. The van der Waals surface area contributed by atoms with Gasteiger partial charge in [-0.25, -0.2) is 4.79 Å². The fraction of sp³-hybridized carbons (Fsp3) is 0.208. The van der Waals surface area contributed by atoms with E-state index in [0.29, 0.717) is 18.0 Å². The SMILES string of the molecule is O=C(COC(=O)c1ccccc1Oc1cccnc1)NCC1(c2ccccc2)CC1. The van der Waals surface area contributed by atoms with E-state index in [2.05, 4.69) is 22.4 Å². The normalized spacial score (nSPS) is 13.9. The number of hydrogen-bond donors (Lipinski definition) is 1. The average Bonchev–Trinajstić information content (AvgIpc) is 3.59. The highest BCUT2D eigenvalue weighted by molar-refractivity contribution is 5.94. The molecule has 0 bridgehead atoms. The summed E-state index contributed by atoms with van der Waals surface area (Å²) < 4.78 is 10.9. The van der Waals surface area contributed by atoms with Crippen LogP contribution in [0.25, 0.3) is 0 Å². The Balaban J connectivity index is 1.31. The minimum Gasteiger partial charge on any atom is -0.455 e. The van der Waals surface area contributed by atoms with Crippen molar-refractivity contribution in [1.82, 2.24) is 10.3 Å². The summed E-state index contributed by atoms with van der Waals surface area (Å²) in [6.07, 6.45) is 5.26. The molecule has 1 saturated carbocycles. The number of rotatable bonds is 8. The van der Waals surface area contributed by atoms with Crippen molar-refractivity contribution in [2.45, 2.75) is 18.3 Å². The largest absolute Gasteiger partial charge is 0.455 e. The fourth-order valence-electron chi connectivity index (χ4n) is 3.30. The molecule has 1 amide bonds. The summed E-state index contributed by atoms with van der Waals surface area (Å²) in [5.74, 6) is -0.0897. The zero-order valence-corrected chi connectivity index (χ0v) is 16.4. The molecule has 4 rings (SSSR count). The summed E-state index contributed by atoms with van der Waals surface area (Å²) in [6, 6.07) is 20.4. The molecule has 0 atom stereocenters. The number of amides is 1. The van der Waals surface area contributed by atoms with E-state index in [4.69, 9.17) is 9.47 Å². The molecule has 1 aromatic heterocycles. The second kappa shape index (κ2) is 8.78. The molecule has 0 aliphatic heterocycles. The summed E-state index contributed by atoms with van der Waals surface area (Å²) in [4.78, 5) is 28.7. The molecule has 3 aromatic rings. The first-order valence-corrected chi connectivity index (χ1v) is 9.83. The van der Waals surface area contributed by atoms with Gasteiger partial charge in [-0.05, 0) is 42.7 Å². The molecule has 1 N–H and O–H groups in total. The number of nitrogens with zero attached hydrogens (tertiary/aromatic N) is 1. The van der Waals surface area contributed by atoms with Crippen molar-refractivity contribution in [1.29, 1.82) is 0 Å². The third-order valence-corrected chi connectivity index (χ3v) is 5.17. The maximum atomic E-state index is 12.5. The van der Waals surface area contributed by atoms with Crippen LogP contribution in [0.15, 0.2) is 79.1 Å². The third-order valence-electron chi connectivity index (χ3n) is 5.17. The summed E-state index contributed by atoms with van der Waals surface area (Å²) in [6.45, 7) is 0.193. The van der Waals surface area contributed by atoms with Crippen LogP contribution < -0.4 is 10.1 Å². The Morgan fingerprint density at radius 3 is 2.47 bits per heavy atom. The molecule has 0 radical (unpaired) electrons. The van der Waals surface area contributed by atoms with Crippen LogP contribution in [0.5, 0.6) is 11.5 Å². The number of carbonyl (C=O) groups excluding carboxylic acids is 2. The van der Waals surface area contributed by atoms with E-state index in [-0.39, 0.29) is 23.5 Å². The Morgan fingerprint density at radius 2 is 1.73 bits per heavy atom.